The number of amides is 2. The second-order valence-electron chi connectivity index (χ2n) is 5.50. The molecule has 0 spiro atoms. The molecule has 0 aliphatic rings. The number of anilines is 2. The van der Waals surface area contributed by atoms with Crippen molar-refractivity contribution in [3.05, 3.63) is 72.8 Å². The van der Waals surface area contributed by atoms with E-state index in [9.17, 15) is 9.59 Å². The van der Waals surface area contributed by atoms with Crippen molar-refractivity contribution in [1.82, 2.24) is 10.3 Å². The number of hydrogen-bond acceptors (Lipinski definition) is 5. The molecule has 152 valence electrons. The molecule has 7 nitrogen and oxygen atoms in total. The molecule has 0 saturated carbocycles. The first kappa shape index (κ1) is 23.6. The van der Waals surface area contributed by atoms with Crippen LogP contribution in [0.3, 0.4) is 0 Å². The number of carbonyl (C=O) groups is 2. The predicted octanol–water partition coefficient (Wildman–Crippen LogP) is 4.73. The Morgan fingerprint density at radius 2 is 2.03 bits per heavy atom. The Morgan fingerprint density at radius 3 is 2.62 bits per heavy atom. The number of halogens is 4. The van der Waals surface area contributed by atoms with Crippen LogP contribution in [0, 0.1) is 0 Å². The topological polar surface area (TPSA) is 100 Å². The van der Waals surface area contributed by atoms with Crippen molar-refractivity contribution in [2.24, 2.45) is 5.84 Å². The normalized spacial score (nSPS) is 11.0. The van der Waals surface area contributed by atoms with Gasteiger partial charge in [0.05, 0.1) is 16.3 Å². The second-order valence-corrected chi connectivity index (χ2v) is 8.69. The minimum Gasteiger partial charge on any atom is -0.355 e. The summed E-state index contributed by atoms with van der Waals surface area (Å²) in [5.41, 5.74) is 0.507. The maximum absolute atomic E-state index is 13.1. The average Bonchev–Trinajstić information content (AvgIpc) is 2.66. The third-order valence-corrected chi connectivity index (χ3v) is 5.13. The largest absolute Gasteiger partial charge is 0.355 e. The van der Waals surface area contributed by atoms with Crippen LogP contribution in [0.5, 0.6) is 0 Å². The molecule has 2 amide bonds. The Balaban J connectivity index is 2.49. The Bertz CT molecular complexity index is 1010. The van der Waals surface area contributed by atoms with Crippen LogP contribution in [0.1, 0.15) is 10.4 Å². The summed E-state index contributed by atoms with van der Waals surface area (Å²) >= 11 is 16.0. The van der Waals surface area contributed by atoms with Crippen molar-refractivity contribution in [3.8, 4) is 0 Å². The molecular formula is C18H15Br3ClN5O2. The Morgan fingerprint density at radius 1 is 1.34 bits per heavy atom. The molecule has 1 heterocycles. The van der Waals surface area contributed by atoms with E-state index in [0.29, 0.717) is 13.4 Å². The van der Waals surface area contributed by atoms with Gasteiger partial charge in [-0.25, -0.2) is 10.8 Å². The lowest BCUT2D eigenvalue weighted by Gasteiger charge is -2.22. The summed E-state index contributed by atoms with van der Waals surface area (Å²) in [7, 11) is 1.49. The summed E-state index contributed by atoms with van der Waals surface area (Å²) in [6.07, 6.45) is 2.90. The predicted molar refractivity (Wildman–Crippen MR) is 126 cm³/mol. The number of hydrazine groups is 1. The van der Waals surface area contributed by atoms with Crippen molar-refractivity contribution in [2.75, 3.05) is 17.4 Å². The van der Waals surface area contributed by atoms with Crippen LogP contribution in [0.25, 0.3) is 0 Å². The summed E-state index contributed by atoms with van der Waals surface area (Å²) in [5, 5.41) is 6.54. The lowest BCUT2D eigenvalue weighted by atomic mass is 10.1. The standard InChI is InChI=1S/C18H15Br3ClN5O2/c1-9(19)6-14(27(23)16-13(22)4-3-5-25-16)18(29)26-15-11(17(28)24-2)7-10(20)8-12(15)21/h3-8H,1,23H2,2H3,(H,24,28)(H,26,29)/b14-6-. The van der Waals surface area contributed by atoms with Crippen molar-refractivity contribution in [2.45, 2.75) is 0 Å². The van der Waals surface area contributed by atoms with Gasteiger partial charge in [-0.05, 0) is 46.3 Å². The van der Waals surface area contributed by atoms with E-state index >= 15 is 0 Å². The van der Waals surface area contributed by atoms with E-state index < -0.39 is 5.91 Å². The van der Waals surface area contributed by atoms with Gasteiger partial charge in [-0.3, -0.25) is 14.6 Å². The van der Waals surface area contributed by atoms with Crippen LogP contribution in [-0.4, -0.2) is 23.8 Å². The molecule has 0 saturated heterocycles. The van der Waals surface area contributed by atoms with E-state index in [-0.39, 0.29) is 33.7 Å². The van der Waals surface area contributed by atoms with Crippen molar-refractivity contribution >= 4 is 82.7 Å². The minimum atomic E-state index is -0.608. The number of nitrogens with two attached hydrogens (primary N) is 1. The lowest BCUT2D eigenvalue weighted by molar-refractivity contribution is -0.112. The molecular weight excluding hydrogens is 593 g/mol. The average molecular weight is 609 g/mol. The zero-order chi connectivity index (χ0) is 21.7. The fraction of sp³-hybridized carbons (Fsp3) is 0.0556. The van der Waals surface area contributed by atoms with Crippen LogP contribution in [-0.2, 0) is 4.79 Å². The van der Waals surface area contributed by atoms with E-state index in [2.05, 4.69) is 70.0 Å². The van der Waals surface area contributed by atoms with E-state index in [1.165, 1.54) is 19.3 Å². The number of pyridine rings is 1. The molecule has 2 rings (SSSR count). The molecule has 0 atom stereocenters. The molecule has 0 aliphatic heterocycles. The second kappa shape index (κ2) is 10.4. The van der Waals surface area contributed by atoms with Gasteiger partial charge < -0.3 is 10.6 Å². The van der Waals surface area contributed by atoms with Gasteiger partial charge in [-0.2, -0.15) is 0 Å². The highest BCUT2D eigenvalue weighted by atomic mass is 79.9. The third-order valence-electron chi connectivity index (χ3n) is 3.52. The number of nitrogens with zero attached hydrogens (tertiary/aromatic N) is 2. The van der Waals surface area contributed by atoms with Gasteiger partial charge in [0.25, 0.3) is 11.8 Å². The number of hydrogen-bond donors (Lipinski definition) is 3. The molecule has 1 aromatic heterocycles. The first-order valence-corrected chi connectivity index (χ1v) is 10.6. The van der Waals surface area contributed by atoms with Crippen LogP contribution in [0.4, 0.5) is 11.5 Å². The Hall–Kier alpha value is -1.72. The zero-order valence-corrected chi connectivity index (χ0v) is 20.5. The lowest BCUT2D eigenvalue weighted by Crippen LogP contribution is -2.37. The van der Waals surface area contributed by atoms with Crippen LogP contribution in [0.15, 0.2) is 62.2 Å². The quantitative estimate of drug-likeness (QED) is 0.191. The van der Waals surface area contributed by atoms with Crippen molar-refractivity contribution in [1.29, 1.82) is 0 Å². The maximum Gasteiger partial charge on any atom is 0.273 e. The molecule has 0 aliphatic carbocycles. The molecule has 0 radical (unpaired) electrons. The van der Waals surface area contributed by atoms with Gasteiger partial charge in [0.15, 0.2) is 5.82 Å². The van der Waals surface area contributed by atoms with E-state index in [0.717, 1.165) is 5.01 Å². The highest BCUT2D eigenvalue weighted by molar-refractivity contribution is 9.12. The number of allylic oxidation sites excluding steroid dienone is 2. The van der Waals surface area contributed by atoms with Crippen LogP contribution < -0.4 is 21.5 Å². The van der Waals surface area contributed by atoms with Gasteiger partial charge >= 0.3 is 0 Å². The smallest absolute Gasteiger partial charge is 0.273 e. The molecule has 2 aromatic rings. The van der Waals surface area contributed by atoms with Crippen LogP contribution >= 0.6 is 59.4 Å². The molecule has 11 heteroatoms. The fourth-order valence-corrected chi connectivity index (χ4v) is 4.01. The molecule has 0 fully saturated rings. The maximum atomic E-state index is 13.1. The summed E-state index contributed by atoms with van der Waals surface area (Å²) in [5.74, 6) is 5.31. The molecule has 0 bridgehead atoms. The fourth-order valence-electron chi connectivity index (χ4n) is 2.25. The van der Waals surface area contributed by atoms with E-state index in [4.69, 9.17) is 17.4 Å². The summed E-state index contributed by atoms with van der Waals surface area (Å²) in [4.78, 5) is 29.4. The first-order valence-electron chi connectivity index (χ1n) is 7.89. The molecule has 29 heavy (non-hydrogen) atoms. The third kappa shape index (κ3) is 5.89. The van der Waals surface area contributed by atoms with Crippen molar-refractivity contribution in [3.63, 3.8) is 0 Å². The van der Waals surface area contributed by atoms with Gasteiger partial charge in [-0.15, -0.1) is 0 Å². The zero-order valence-electron chi connectivity index (χ0n) is 15.0. The Kier molecular flexibility index (Phi) is 8.41. The van der Waals surface area contributed by atoms with Gasteiger partial charge in [-0.1, -0.05) is 50.0 Å². The minimum absolute atomic E-state index is 0.00912. The molecule has 4 N–H and O–H groups in total. The summed E-state index contributed by atoms with van der Waals surface area (Å²) in [6.45, 7) is 3.72. The van der Waals surface area contributed by atoms with E-state index in [1.807, 2.05) is 0 Å². The van der Waals surface area contributed by atoms with Gasteiger partial charge in [0, 0.05) is 26.7 Å². The van der Waals surface area contributed by atoms with Crippen LogP contribution in [0.2, 0.25) is 5.02 Å². The summed E-state index contributed by atoms with van der Waals surface area (Å²) < 4.78 is 1.55. The highest BCUT2D eigenvalue weighted by Crippen LogP contribution is 2.32. The SMILES string of the molecule is C=C(Br)/C=C(/C(=O)Nc1c(Br)cc(Br)cc1C(=O)NC)N(N)c1ncccc1Cl. The number of rotatable bonds is 6. The van der Waals surface area contributed by atoms with Gasteiger partial charge in [0.1, 0.15) is 5.70 Å². The molecule has 1 aromatic carbocycles. The van der Waals surface area contributed by atoms with E-state index in [1.54, 1.807) is 24.3 Å². The first-order chi connectivity index (χ1) is 13.6. The number of carbonyl (C=O) groups excluding carboxylic acids is 2. The monoisotopic (exact) mass is 605 g/mol. The number of nitrogens with one attached hydrogen (secondary N) is 2. The number of aromatic nitrogens is 1. The van der Waals surface area contributed by atoms with Gasteiger partial charge in [0.2, 0.25) is 0 Å². The highest BCUT2D eigenvalue weighted by Gasteiger charge is 2.23. The Labute approximate surface area is 197 Å². The van der Waals surface area contributed by atoms with Crippen molar-refractivity contribution < 1.29 is 9.59 Å². The molecule has 0 unspecified atom stereocenters. The number of benzene rings is 1. The summed E-state index contributed by atoms with van der Waals surface area (Å²) in [6, 6.07) is 6.52.